The number of hydrogen-bond donors (Lipinski definition) is 1. The zero-order valence-electron chi connectivity index (χ0n) is 14.3. The molecule has 0 bridgehead atoms. The lowest BCUT2D eigenvalue weighted by Crippen LogP contribution is -2.13. The van der Waals surface area contributed by atoms with Crippen LogP contribution in [0.25, 0.3) is 10.8 Å². The Balaban J connectivity index is 1.58. The highest BCUT2D eigenvalue weighted by atomic mass is 32.1. The van der Waals surface area contributed by atoms with E-state index < -0.39 is 0 Å². The first kappa shape index (κ1) is 16.6. The van der Waals surface area contributed by atoms with Gasteiger partial charge in [0, 0.05) is 12.0 Å². The minimum Gasteiger partial charge on any atom is -0.497 e. The summed E-state index contributed by atoms with van der Waals surface area (Å²) in [5.41, 5.74) is 1.04. The summed E-state index contributed by atoms with van der Waals surface area (Å²) in [7, 11) is 3.08. The Morgan fingerprint density at radius 2 is 2.12 bits per heavy atom. The number of carbonyl (C=O) groups excluding carboxylic acids is 1. The zero-order chi connectivity index (χ0) is 18.1. The highest BCUT2D eigenvalue weighted by molar-refractivity contribution is 7.14. The van der Waals surface area contributed by atoms with Crippen LogP contribution in [-0.2, 0) is 0 Å². The van der Waals surface area contributed by atoms with Gasteiger partial charge in [-0.05, 0) is 36.4 Å². The Morgan fingerprint density at radius 3 is 2.85 bits per heavy atom. The van der Waals surface area contributed by atoms with Gasteiger partial charge in [-0.1, -0.05) is 5.16 Å². The number of methoxy groups -OCH3 is 2. The number of aromatic nitrogens is 2. The van der Waals surface area contributed by atoms with Gasteiger partial charge in [-0.25, -0.2) is 0 Å². The molecule has 2 heterocycles. The maximum absolute atomic E-state index is 12.7. The maximum Gasteiger partial charge on any atom is 0.270 e. The summed E-state index contributed by atoms with van der Waals surface area (Å²) in [6.07, 6.45) is 2.20. The third-order valence-electron chi connectivity index (χ3n) is 4.15. The van der Waals surface area contributed by atoms with Crippen molar-refractivity contribution < 1.29 is 18.8 Å². The summed E-state index contributed by atoms with van der Waals surface area (Å²) in [6.45, 7) is 0. The van der Waals surface area contributed by atoms with Crippen LogP contribution in [-0.4, -0.2) is 30.3 Å². The lowest BCUT2D eigenvalue weighted by Gasteiger charge is -2.10. The first-order valence-corrected chi connectivity index (χ1v) is 9.02. The van der Waals surface area contributed by atoms with Crippen LogP contribution in [0, 0.1) is 0 Å². The van der Waals surface area contributed by atoms with Crippen LogP contribution in [0.4, 0.5) is 5.69 Å². The summed E-state index contributed by atoms with van der Waals surface area (Å²) in [4.78, 5) is 17.9. The topological polar surface area (TPSA) is 86.5 Å². The van der Waals surface area contributed by atoms with E-state index in [-0.39, 0.29) is 5.91 Å². The van der Waals surface area contributed by atoms with Gasteiger partial charge >= 0.3 is 0 Å². The average Bonchev–Trinajstić information content (AvgIpc) is 3.22. The number of carbonyl (C=O) groups is 1. The number of ether oxygens (including phenoxy) is 2. The molecule has 4 rings (SSSR count). The monoisotopic (exact) mass is 371 g/mol. The van der Waals surface area contributed by atoms with Gasteiger partial charge in [0.2, 0.25) is 0 Å². The van der Waals surface area contributed by atoms with Crippen molar-refractivity contribution in [3.63, 3.8) is 0 Å². The van der Waals surface area contributed by atoms with E-state index in [4.69, 9.17) is 14.0 Å². The number of nitrogens with one attached hydrogen (secondary N) is 1. The maximum atomic E-state index is 12.7. The van der Waals surface area contributed by atoms with Gasteiger partial charge in [-0.2, -0.15) is 4.98 Å². The van der Waals surface area contributed by atoms with E-state index in [0.29, 0.717) is 34.6 Å². The van der Waals surface area contributed by atoms with Crippen molar-refractivity contribution in [2.45, 2.75) is 18.8 Å². The summed E-state index contributed by atoms with van der Waals surface area (Å²) in [5.74, 6) is 2.35. The van der Waals surface area contributed by atoms with Gasteiger partial charge in [0.1, 0.15) is 16.4 Å². The Morgan fingerprint density at radius 1 is 1.27 bits per heavy atom. The van der Waals surface area contributed by atoms with Crippen LogP contribution in [0.3, 0.4) is 0 Å². The van der Waals surface area contributed by atoms with E-state index >= 15 is 0 Å². The lowest BCUT2D eigenvalue weighted by molar-refractivity contribution is 0.102. The molecule has 0 aliphatic heterocycles. The first-order valence-electron chi connectivity index (χ1n) is 8.14. The molecule has 1 aliphatic rings. The molecule has 1 N–H and O–H groups in total. The fraction of sp³-hybridized carbons (Fsp3) is 0.278. The molecule has 0 saturated heterocycles. The third kappa shape index (κ3) is 3.15. The molecule has 1 fully saturated rings. The van der Waals surface area contributed by atoms with E-state index in [1.165, 1.54) is 18.4 Å². The molecule has 0 atom stereocenters. The van der Waals surface area contributed by atoms with Crippen LogP contribution >= 0.6 is 11.3 Å². The Kier molecular flexibility index (Phi) is 4.34. The van der Waals surface area contributed by atoms with Crippen LogP contribution < -0.4 is 14.8 Å². The second-order valence-electron chi connectivity index (χ2n) is 5.92. The van der Waals surface area contributed by atoms with Gasteiger partial charge in [-0.3, -0.25) is 4.79 Å². The molecule has 1 saturated carbocycles. The standard InChI is InChI=1S/C18H17N3O4S/c1-23-11-5-6-12(14(9-11)24-2)17(22)19-13-7-8-26-15(13)18-20-16(21-25-18)10-3-4-10/h5-10H,3-4H2,1-2H3,(H,19,22). The van der Waals surface area contributed by atoms with Crippen LogP contribution in [0.2, 0.25) is 0 Å². The largest absolute Gasteiger partial charge is 0.497 e. The van der Waals surface area contributed by atoms with Gasteiger partial charge in [0.15, 0.2) is 5.82 Å². The highest BCUT2D eigenvalue weighted by Gasteiger charge is 2.29. The normalized spacial score (nSPS) is 13.5. The fourth-order valence-electron chi connectivity index (χ4n) is 2.58. The number of anilines is 1. The molecule has 1 aromatic carbocycles. The van der Waals surface area contributed by atoms with Gasteiger partial charge < -0.3 is 19.3 Å². The molecule has 1 amide bonds. The quantitative estimate of drug-likeness (QED) is 0.706. The van der Waals surface area contributed by atoms with E-state index in [1.54, 1.807) is 25.3 Å². The Hall–Kier alpha value is -2.87. The number of amides is 1. The fourth-order valence-corrected chi connectivity index (χ4v) is 3.35. The molecule has 134 valence electrons. The predicted molar refractivity (Wildman–Crippen MR) is 97.1 cm³/mol. The average molecular weight is 371 g/mol. The highest BCUT2D eigenvalue weighted by Crippen LogP contribution is 2.40. The van der Waals surface area contributed by atoms with Crippen molar-refractivity contribution in [2.75, 3.05) is 19.5 Å². The van der Waals surface area contributed by atoms with E-state index in [1.807, 2.05) is 11.4 Å². The van der Waals surface area contributed by atoms with Crippen LogP contribution in [0.1, 0.15) is 34.9 Å². The number of hydrogen-bond acceptors (Lipinski definition) is 7. The third-order valence-corrected chi connectivity index (χ3v) is 5.05. The summed E-state index contributed by atoms with van der Waals surface area (Å²) >= 11 is 1.44. The van der Waals surface area contributed by atoms with Crippen molar-refractivity contribution >= 4 is 22.9 Å². The molecule has 0 radical (unpaired) electrons. The molecule has 7 nitrogen and oxygen atoms in total. The Bertz CT molecular complexity index is 946. The number of thiophene rings is 1. The molecule has 1 aliphatic carbocycles. The first-order chi connectivity index (χ1) is 12.7. The van der Waals surface area contributed by atoms with Gasteiger partial charge in [0.25, 0.3) is 11.8 Å². The minimum absolute atomic E-state index is 0.286. The van der Waals surface area contributed by atoms with E-state index in [0.717, 1.165) is 23.5 Å². The summed E-state index contributed by atoms with van der Waals surface area (Å²) < 4.78 is 15.8. The molecule has 0 unspecified atom stereocenters. The van der Waals surface area contributed by atoms with Crippen molar-refractivity contribution in [3.8, 4) is 22.3 Å². The van der Waals surface area contributed by atoms with E-state index in [9.17, 15) is 4.79 Å². The van der Waals surface area contributed by atoms with E-state index in [2.05, 4.69) is 15.5 Å². The smallest absolute Gasteiger partial charge is 0.270 e. The lowest BCUT2D eigenvalue weighted by atomic mass is 10.1. The molecule has 0 spiro atoms. The molecule has 8 heteroatoms. The minimum atomic E-state index is -0.286. The molecular formula is C18H17N3O4S. The van der Waals surface area contributed by atoms with Crippen LogP contribution in [0.5, 0.6) is 11.5 Å². The molecule has 3 aromatic rings. The van der Waals surface area contributed by atoms with Crippen molar-refractivity contribution in [1.82, 2.24) is 10.1 Å². The SMILES string of the molecule is COc1ccc(C(=O)Nc2ccsc2-c2nc(C3CC3)no2)c(OC)c1. The second kappa shape index (κ2) is 6.80. The molecular weight excluding hydrogens is 354 g/mol. The molecule has 2 aromatic heterocycles. The van der Waals surface area contributed by atoms with Crippen molar-refractivity contribution in [3.05, 3.63) is 41.0 Å². The summed E-state index contributed by atoms with van der Waals surface area (Å²) in [6, 6.07) is 6.86. The second-order valence-corrected chi connectivity index (χ2v) is 6.83. The Labute approximate surface area is 153 Å². The van der Waals surface area contributed by atoms with Gasteiger partial charge in [-0.15, -0.1) is 11.3 Å². The molecule has 26 heavy (non-hydrogen) atoms. The van der Waals surface area contributed by atoms with Gasteiger partial charge in [0.05, 0.1) is 25.5 Å². The summed E-state index contributed by atoms with van der Waals surface area (Å²) in [5, 5.41) is 8.80. The zero-order valence-corrected chi connectivity index (χ0v) is 15.1. The number of nitrogens with zero attached hydrogens (tertiary/aromatic N) is 2. The number of benzene rings is 1. The van der Waals surface area contributed by atoms with Crippen molar-refractivity contribution in [2.24, 2.45) is 0 Å². The number of rotatable bonds is 6. The van der Waals surface area contributed by atoms with Crippen molar-refractivity contribution in [1.29, 1.82) is 0 Å². The van der Waals surface area contributed by atoms with Crippen LogP contribution in [0.15, 0.2) is 34.2 Å². The predicted octanol–water partition coefficient (Wildman–Crippen LogP) is 3.95.